The molecular weight excluding hydrogens is 312 g/mol. The fraction of sp³-hybridized carbons (Fsp3) is 0.500. The molecule has 0 radical (unpaired) electrons. The third kappa shape index (κ3) is 4.92. The van der Waals surface area contributed by atoms with Crippen molar-refractivity contribution in [2.75, 3.05) is 13.1 Å². The fourth-order valence-corrected chi connectivity index (χ4v) is 3.56. The van der Waals surface area contributed by atoms with Crippen molar-refractivity contribution in [2.45, 2.75) is 38.8 Å². The van der Waals surface area contributed by atoms with Crippen LogP contribution < -0.4 is 5.32 Å². The summed E-state index contributed by atoms with van der Waals surface area (Å²) in [5, 5.41) is 7.15. The maximum atomic E-state index is 12.4. The SMILES string of the molecule is CC(C(=O)NCc1cnn(C)c1)N1CCC(Cc2ccccc2)CC1. The molecular formula is C20H28N4O. The Kier molecular flexibility index (Phi) is 5.87. The van der Waals surface area contributed by atoms with E-state index in [-0.39, 0.29) is 11.9 Å². The van der Waals surface area contributed by atoms with E-state index in [9.17, 15) is 4.79 Å². The summed E-state index contributed by atoms with van der Waals surface area (Å²) in [5.74, 6) is 0.828. The summed E-state index contributed by atoms with van der Waals surface area (Å²) < 4.78 is 1.75. The highest BCUT2D eigenvalue weighted by Crippen LogP contribution is 2.22. The summed E-state index contributed by atoms with van der Waals surface area (Å²) in [5.41, 5.74) is 2.45. The number of hydrogen-bond donors (Lipinski definition) is 1. The van der Waals surface area contributed by atoms with Gasteiger partial charge in [-0.15, -0.1) is 0 Å². The third-order valence-electron chi connectivity index (χ3n) is 5.17. The van der Waals surface area contributed by atoms with Crippen LogP contribution in [0.2, 0.25) is 0 Å². The van der Waals surface area contributed by atoms with Gasteiger partial charge in [0.05, 0.1) is 12.2 Å². The first kappa shape index (κ1) is 17.7. The number of nitrogens with zero attached hydrogens (tertiary/aromatic N) is 3. The van der Waals surface area contributed by atoms with Crippen LogP contribution in [0.25, 0.3) is 0 Å². The standard InChI is InChI=1S/C20H28N4O/c1-16(20(25)21-13-19-14-22-23(2)15-19)24-10-8-18(9-11-24)12-17-6-4-3-5-7-17/h3-7,14-16,18H,8-13H2,1-2H3,(H,21,25). The number of carbonyl (C=O) groups is 1. The highest BCUT2D eigenvalue weighted by atomic mass is 16.2. The Morgan fingerprint density at radius 3 is 2.60 bits per heavy atom. The van der Waals surface area contributed by atoms with Crippen LogP contribution in [0.5, 0.6) is 0 Å². The number of piperidine rings is 1. The van der Waals surface area contributed by atoms with Crippen molar-refractivity contribution in [1.29, 1.82) is 0 Å². The van der Waals surface area contributed by atoms with Crippen LogP contribution in [0, 0.1) is 5.92 Å². The number of amides is 1. The molecule has 0 aliphatic carbocycles. The monoisotopic (exact) mass is 340 g/mol. The second kappa shape index (κ2) is 8.30. The van der Waals surface area contributed by atoms with Crippen LogP contribution in [0.15, 0.2) is 42.7 Å². The molecule has 3 rings (SSSR count). The molecule has 5 heteroatoms. The van der Waals surface area contributed by atoms with Crippen LogP contribution in [0.1, 0.15) is 30.9 Å². The minimum absolute atomic E-state index is 0.0747. The number of nitrogens with one attached hydrogen (secondary N) is 1. The summed E-state index contributed by atoms with van der Waals surface area (Å²) in [4.78, 5) is 14.7. The molecule has 25 heavy (non-hydrogen) atoms. The van der Waals surface area contributed by atoms with Gasteiger partial charge in [0, 0.05) is 25.4 Å². The predicted octanol–water partition coefficient (Wildman–Crippen LogP) is 2.38. The Morgan fingerprint density at radius 2 is 1.96 bits per heavy atom. The van der Waals surface area contributed by atoms with Crippen molar-refractivity contribution in [3.05, 3.63) is 53.9 Å². The number of carbonyl (C=O) groups excluding carboxylic acids is 1. The van der Waals surface area contributed by atoms with E-state index in [1.807, 2.05) is 20.2 Å². The van der Waals surface area contributed by atoms with Gasteiger partial charge in [-0.1, -0.05) is 30.3 Å². The fourth-order valence-electron chi connectivity index (χ4n) is 3.56. The molecule has 1 N–H and O–H groups in total. The van der Waals surface area contributed by atoms with Gasteiger partial charge in [0.1, 0.15) is 0 Å². The average Bonchev–Trinajstić information content (AvgIpc) is 3.06. The minimum Gasteiger partial charge on any atom is -0.351 e. The lowest BCUT2D eigenvalue weighted by Crippen LogP contribution is -2.48. The van der Waals surface area contributed by atoms with E-state index in [0.717, 1.165) is 43.8 Å². The highest BCUT2D eigenvalue weighted by molar-refractivity contribution is 5.81. The molecule has 0 saturated carbocycles. The molecule has 1 amide bonds. The number of rotatable bonds is 6. The molecule has 2 aromatic rings. The van der Waals surface area contributed by atoms with Gasteiger partial charge in [-0.3, -0.25) is 14.4 Å². The van der Waals surface area contributed by atoms with Crippen molar-refractivity contribution in [1.82, 2.24) is 20.0 Å². The molecule has 1 aromatic heterocycles. The van der Waals surface area contributed by atoms with Crippen LogP contribution in [-0.4, -0.2) is 39.7 Å². The number of aryl methyl sites for hydroxylation is 1. The molecule has 1 aliphatic rings. The Morgan fingerprint density at radius 1 is 1.24 bits per heavy atom. The van der Waals surface area contributed by atoms with E-state index < -0.39 is 0 Å². The molecule has 134 valence electrons. The first-order valence-electron chi connectivity index (χ1n) is 9.15. The number of aromatic nitrogens is 2. The predicted molar refractivity (Wildman–Crippen MR) is 99.0 cm³/mol. The number of likely N-dealkylation sites (tertiary alicyclic amines) is 1. The first-order valence-corrected chi connectivity index (χ1v) is 9.15. The van der Waals surface area contributed by atoms with Crippen LogP contribution in [0.4, 0.5) is 0 Å². The minimum atomic E-state index is -0.0747. The van der Waals surface area contributed by atoms with Crippen LogP contribution in [-0.2, 0) is 24.8 Å². The van der Waals surface area contributed by atoms with E-state index in [1.165, 1.54) is 5.56 Å². The summed E-state index contributed by atoms with van der Waals surface area (Å²) in [6.45, 7) is 4.55. The van der Waals surface area contributed by atoms with Gasteiger partial charge in [0.15, 0.2) is 0 Å². The molecule has 1 fully saturated rings. The molecule has 1 unspecified atom stereocenters. The van der Waals surface area contributed by atoms with E-state index in [1.54, 1.807) is 10.9 Å². The molecule has 1 aliphatic heterocycles. The number of hydrogen-bond acceptors (Lipinski definition) is 3. The van der Waals surface area contributed by atoms with Gasteiger partial charge in [-0.25, -0.2) is 0 Å². The lowest BCUT2D eigenvalue weighted by molar-refractivity contribution is -0.126. The quantitative estimate of drug-likeness (QED) is 0.878. The molecule has 0 spiro atoms. The highest BCUT2D eigenvalue weighted by Gasteiger charge is 2.26. The van der Waals surface area contributed by atoms with Crippen molar-refractivity contribution in [3.63, 3.8) is 0 Å². The third-order valence-corrected chi connectivity index (χ3v) is 5.17. The van der Waals surface area contributed by atoms with E-state index in [2.05, 4.69) is 45.6 Å². The topological polar surface area (TPSA) is 50.2 Å². The van der Waals surface area contributed by atoms with E-state index in [4.69, 9.17) is 0 Å². The van der Waals surface area contributed by atoms with Gasteiger partial charge in [0.25, 0.3) is 0 Å². The van der Waals surface area contributed by atoms with Crippen molar-refractivity contribution < 1.29 is 4.79 Å². The maximum absolute atomic E-state index is 12.4. The van der Waals surface area contributed by atoms with E-state index in [0.29, 0.717) is 6.54 Å². The zero-order valence-corrected chi connectivity index (χ0v) is 15.2. The summed E-state index contributed by atoms with van der Waals surface area (Å²) in [6, 6.07) is 10.6. The second-order valence-electron chi connectivity index (χ2n) is 7.09. The van der Waals surface area contributed by atoms with Gasteiger partial charge in [0.2, 0.25) is 5.91 Å². The Balaban J connectivity index is 1.42. The largest absolute Gasteiger partial charge is 0.351 e. The Hall–Kier alpha value is -2.14. The average molecular weight is 340 g/mol. The van der Waals surface area contributed by atoms with Gasteiger partial charge in [-0.05, 0) is 50.8 Å². The Labute approximate surface area is 150 Å². The Bertz CT molecular complexity index is 674. The molecule has 0 bridgehead atoms. The molecule has 2 heterocycles. The van der Waals surface area contributed by atoms with Gasteiger partial charge < -0.3 is 5.32 Å². The zero-order valence-electron chi connectivity index (χ0n) is 15.2. The van der Waals surface area contributed by atoms with Crippen molar-refractivity contribution in [2.24, 2.45) is 13.0 Å². The smallest absolute Gasteiger partial charge is 0.237 e. The zero-order chi connectivity index (χ0) is 17.6. The first-order chi connectivity index (χ1) is 12.1. The van der Waals surface area contributed by atoms with E-state index >= 15 is 0 Å². The molecule has 1 atom stereocenters. The van der Waals surface area contributed by atoms with Crippen molar-refractivity contribution >= 4 is 5.91 Å². The number of benzene rings is 1. The lowest BCUT2D eigenvalue weighted by Gasteiger charge is -2.35. The summed E-state index contributed by atoms with van der Waals surface area (Å²) in [6.07, 6.45) is 7.19. The van der Waals surface area contributed by atoms with Crippen molar-refractivity contribution in [3.8, 4) is 0 Å². The molecule has 1 saturated heterocycles. The van der Waals surface area contributed by atoms with Gasteiger partial charge in [-0.2, -0.15) is 5.10 Å². The normalized spacial score (nSPS) is 17.4. The second-order valence-corrected chi connectivity index (χ2v) is 7.09. The maximum Gasteiger partial charge on any atom is 0.237 e. The molecule has 5 nitrogen and oxygen atoms in total. The van der Waals surface area contributed by atoms with Crippen LogP contribution in [0.3, 0.4) is 0 Å². The molecule has 1 aromatic carbocycles. The summed E-state index contributed by atoms with van der Waals surface area (Å²) >= 11 is 0. The lowest BCUT2D eigenvalue weighted by atomic mass is 9.89. The van der Waals surface area contributed by atoms with Crippen LogP contribution >= 0.6 is 0 Å². The summed E-state index contributed by atoms with van der Waals surface area (Å²) in [7, 11) is 1.88. The van der Waals surface area contributed by atoms with Gasteiger partial charge >= 0.3 is 0 Å².